The molecule has 2 aromatic heterocycles. The Hall–Kier alpha value is -2.60. The van der Waals surface area contributed by atoms with Crippen LogP contribution < -0.4 is 0 Å². The molecule has 0 spiro atoms. The summed E-state index contributed by atoms with van der Waals surface area (Å²) in [4.78, 5) is 25.2. The molecule has 0 fully saturated rings. The molecular weight excluding hydrogens is 350 g/mol. The molecule has 0 aliphatic carbocycles. The maximum Gasteiger partial charge on any atom is 0.419 e. The summed E-state index contributed by atoms with van der Waals surface area (Å²) in [6.07, 6.45) is 2.04. The second-order valence-corrected chi connectivity index (χ2v) is 7.99. The number of rotatable bonds is 3. The number of ether oxygens (including phenoxy) is 2. The van der Waals surface area contributed by atoms with E-state index in [1.165, 1.54) is 18.4 Å². The summed E-state index contributed by atoms with van der Waals surface area (Å²) in [5, 5.41) is 2.78. The normalized spacial score (nSPS) is 11.5. The number of esters is 1. The van der Waals surface area contributed by atoms with Crippen LogP contribution in [0, 0.1) is 0 Å². The number of nitrogens with zero attached hydrogens (tertiary/aromatic N) is 1. The first-order chi connectivity index (χ1) is 12.3. The van der Waals surface area contributed by atoms with E-state index in [9.17, 15) is 9.59 Å². The SMILES string of the molecule is COC(=O)c1csc(Cc2cn(C(=O)OC(C)(C)C)c3ccccc23)c1. The van der Waals surface area contributed by atoms with E-state index in [4.69, 9.17) is 9.47 Å². The summed E-state index contributed by atoms with van der Waals surface area (Å²) in [6, 6.07) is 9.56. The number of methoxy groups -OCH3 is 1. The fraction of sp³-hybridized carbons (Fsp3) is 0.300. The van der Waals surface area contributed by atoms with E-state index >= 15 is 0 Å². The number of benzene rings is 1. The highest BCUT2D eigenvalue weighted by Crippen LogP contribution is 2.27. The fourth-order valence-electron chi connectivity index (χ4n) is 2.74. The lowest BCUT2D eigenvalue weighted by atomic mass is 10.1. The third kappa shape index (κ3) is 3.80. The highest BCUT2D eigenvalue weighted by Gasteiger charge is 2.21. The lowest BCUT2D eigenvalue weighted by Gasteiger charge is -2.19. The van der Waals surface area contributed by atoms with E-state index in [2.05, 4.69) is 0 Å². The molecule has 5 nitrogen and oxygen atoms in total. The van der Waals surface area contributed by atoms with E-state index in [0.717, 1.165) is 21.3 Å². The van der Waals surface area contributed by atoms with Crippen molar-refractivity contribution in [3.63, 3.8) is 0 Å². The molecule has 26 heavy (non-hydrogen) atoms. The van der Waals surface area contributed by atoms with Crippen molar-refractivity contribution < 1.29 is 19.1 Å². The topological polar surface area (TPSA) is 57.5 Å². The van der Waals surface area contributed by atoms with Gasteiger partial charge in [-0.1, -0.05) is 18.2 Å². The number of carbonyl (C=O) groups is 2. The van der Waals surface area contributed by atoms with Crippen molar-refractivity contribution in [2.24, 2.45) is 0 Å². The third-order valence-corrected chi connectivity index (χ3v) is 4.76. The van der Waals surface area contributed by atoms with Gasteiger partial charge in [-0.2, -0.15) is 0 Å². The monoisotopic (exact) mass is 371 g/mol. The Morgan fingerprint density at radius 2 is 1.92 bits per heavy atom. The van der Waals surface area contributed by atoms with E-state index in [0.29, 0.717) is 12.0 Å². The van der Waals surface area contributed by atoms with Crippen molar-refractivity contribution >= 4 is 34.3 Å². The van der Waals surface area contributed by atoms with Crippen LogP contribution in [0.2, 0.25) is 0 Å². The van der Waals surface area contributed by atoms with Crippen molar-refractivity contribution in [2.45, 2.75) is 32.8 Å². The summed E-state index contributed by atoms with van der Waals surface area (Å²) in [5.41, 5.74) is 1.79. The fourth-order valence-corrected chi connectivity index (χ4v) is 3.62. The zero-order valence-electron chi connectivity index (χ0n) is 15.2. The van der Waals surface area contributed by atoms with E-state index in [1.807, 2.05) is 57.3 Å². The van der Waals surface area contributed by atoms with Crippen LogP contribution in [-0.2, 0) is 15.9 Å². The van der Waals surface area contributed by atoms with Gasteiger partial charge in [0.1, 0.15) is 5.60 Å². The van der Waals surface area contributed by atoms with Gasteiger partial charge in [0, 0.05) is 28.3 Å². The summed E-state index contributed by atoms with van der Waals surface area (Å²) in [7, 11) is 1.37. The molecule has 3 aromatic rings. The molecule has 2 heterocycles. The van der Waals surface area contributed by atoms with E-state index in [-0.39, 0.29) is 5.97 Å². The summed E-state index contributed by atoms with van der Waals surface area (Å²) >= 11 is 1.50. The van der Waals surface area contributed by atoms with Gasteiger partial charge in [0.2, 0.25) is 0 Å². The maximum atomic E-state index is 12.6. The zero-order chi connectivity index (χ0) is 18.9. The molecule has 0 bridgehead atoms. The maximum absolute atomic E-state index is 12.6. The van der Waals surface area contributed by atoms with Crippen LogP contribution in [-0.4, -0.2) is 29.3 Å². The van der Waals surface area contributed by atoms with Crippen LogP contribution in [0.3, 0.4) is 0 Å². The summed E-state index contributed by atoms with van der Waals surface area (Å²) in [5.74, 6) is -0.344. The van der Waals surface area contributed by atoms with Gasteiger partial charge in [0.15, 0.2) is 0 Å². The largest absolute Gasteiger partial charge is 0.465 e. The molecule has 0 radical (unpaired) electrons. The van der Waals surface area contributed by atoms with Gasteiger partial charge in [-0.05, 0) is 38.5 Å². The second kappa shape index (κ2) is 6.96. The molecule has 136 valence electrons. The number of hydrogen-bond acceptors (Lipinski definition) is 5. The molecule has 0 unspecified atom stereocenters. The molecule has 1 aromatic carbocycles. The van der Waals surface area contributed by atoms with Gasteiger partial charge < -0.3 is 9.47 Å². The Morgan fingerprint density at radius 1 is 1.19 bits per heavy atom. The Balaban J connectivity index is 1.95. The third-order valence-electron chi connectivity index (χ3n) is 3.82. The van der Waals surface area contributed by atoms with Crippen molar-refractivity contribution in [3.05, 3.63) is 57.9 Å². The first-order valence-electron chi connectivity index (χ1n) is 8.26. The summed E-state index contributed by atoms with van der Waals surface area (Å²) < 4.78 is 11.8. The van der Waals surface area contributed by atoms with Crippen LogP contribution in [0.1, 0.15) is 41.6 Å². The number of fused-ring (bicyclic) bond motifs is 1. The van der Waals surface area contributed by atoms with Gasteiger partial charge in [-0.3, -0.25) is 4.57 Å². The molecule has 0 N–H and O–H groups in total. The first kappa shape index (κ1) is 18.2. The van der Waals surface area contributed by atoms with Crippen molar-refractivity contribution in [2.75, 3.05) is 7.11 Å². The minimum atomic E-state index is -0.564. The molecular formula is C20H21NO4S. The van der Waals surface area contributed by atoms with Crippen LogP contribution >= 0.6 is 11.3 Å². The van der Waals surface area contributed by atoms with Crippen LogP contribution in [0.15, 0.2) is 41.9 Å². The Labute approximate surface area is 156 Å². The van der Waals surface area contributed by atoms with Crippen LogP contribution in [0.25, 0.3) is 10.9 Å². The molecule has 0 aliphatic heterocycles. The molecule has 6 heteroatoms. The predicted octanol–water partition coefficient (Wildman–Crippen LogP) is 4.86. The molecule has 0 amide bonds. The average Bonchev–Trinajstić information content (AvgIpc) is 3.18. The number of carbonyl (C=O) groups excluding carboxylic acids is 2. The lowest BCUT2D eigenvalue weighted by Crippen LogP contribution is -2.26. The van der Waals surface area contributed by atoms with Gasteiger partial charge >= 0.3 is 12.1 Å². The number of hydrogen-bond donors (Lipinski definition) is 0. The van der Waals surface area contributed by atoms with Crippen LogP contribution in [0.4, 0.5) is 4.79 Å². The Morgan fingerprint density at radius 3 is 2.62 bits per heavy atom. The smallest absolute Gasteiger partial charge is 0.419 e. The minimum absolute atomic E-state index is 0.344. The molecule has 0 saturated carbocycles. The Kier molecular flexibility index (Phi) is 4.87. The highest BCUT2D eigenvalue weighted by atomic mass is 32.1. The minimum Gasteiger partial charge on any atom is -0.465 e. The van der Waals surface area contributed by atoms with Gasteiger partial charge in [-0.15, -0.1) is 11.3 Å². The number of thiophene rings is 1. The van der Waals surface area contributed by atoms with E-state index in [1.54, 1.807) is 9.95 Å². The van der Waals surface area contributed by atoms with Crippen molar-refractivity contribution in [1.29, 1.82) is 0 Å². The van der Waals surface area contributed by atoms with Gasteiger partial charge in [0.05, 0.1) is 18.2 Å². The summed E-state index contributed by atoms with van der Waals surface area (Å²) in [6.45, 7) is 5.53. The number of aromatic nitrogens is 1. The van der Waals surface area contributed by atoms with Crippen molar-refractivity contribution in [1.82, 2.24) is 4.57 Å². The van der Waals surface area contributed by atoms with Gasteiger partial charge in [0.25, 0.3) is 0 Å². The predicted molar refractivity (Wildman–Crippen MR) is 102 cm³/mol. The Bertz CT molecular complexity index is 962. The number of para-hydroxylation sites is 1. The molecule has 0 atom stereocenters. The first-order valence-corrected chi connectivity index (χ1v) is 9.14. The van der Waals surface area contributed by atoms with E-state index < -0.39 is 11.7 Å². The quantitative estimate of drug-likeness (QED) is 0.617. The molecule has 3 rings (SSSR count). The highest BCUT2D eigenvalue weighted by molar-refractivity contribution is 7.10. The van der Waals surface area contributed by atoms with Crippen molar-refractivity contribution in [3.8, 4) is 0 Å². The van der Waals surface area contributed by atoms with Crippen LogP contribution in [0.5, 0.6) is 0 Å². The standard InChI is InChI=1S/C20H21NO4S/c1-20(2,3)25-19(23)21-11-13(16-7-5-6-8-17(16)21)9-15-10-14(12-26-15)18(22)24-4/h5-8,10-12H,9H2,1-4H3. The molecule has 0 aliphatic rings. The average molecular weight is 371 g/mol. The van der Waals surface area contributed by atoms with Gasteiger partial charge in [-0.25, -0.2) is 9.59 Å². The lowest BCUT2D eigenvalue weighted by molar-refractivity contribution is 0.0542. The zero-order valence-corrected chi connectivity index (χ0v) is 16.1. The molecule has 0 saturated heterocycles. The second-order valence-electron chi connectivity index (χ2n) is 6.99.